The molecule has 32 heavy (non-hydrogen) atoms. The quantitative estimate of drug-likeness (QED) is 0.609. The van der Waals surface area contributed by atoms with Crippen LogP contribution in [-0.2, 0) is 20.7 Å². The molecule has 1 atom stereocenters. The fourth-order valence-corrected chi connectivity index (χ4v) is 3.64. The van der Waals surface area contributed by atoms with Crippen molar-refractivity contribution in [2.75, 3.05) is 33.9 Å². The number of nitrogens with one attached hydrogen (secondary N) is 1. The molecule has 0 spiro atoms. The lowest BCUT2D eigenvalue weighted by molar-refractivity contribution is -0.151. The third-order valence-corrected chi connectivity index (χ3v) is 5.36. The topological polar surface area (TPSA) is 124 Å². The van der Waals surface area contributed by atoms with Crippen molar-refractivity contribution < 1.29 is 23.8 Å². The summed E-state index contributed by atoms with van der Waals surface area (Å²) in [6, 6.07) is 5.13. The Balaban J connectivity index is 1.65. The number of nitrogens with zero attached hydrogens (tertiary/aromatic N) is 3. The first-order valence-electron chi connectivity index (χ1n) is 10.6. The van der Waals surface area contributed by atoms with Crippen LogP contribution in [0.15, 0.2) is 23.0 Å². The minimum atomic E-state index is -0.410. The van der Waals surface area contributed by atoms with Crippen LogP contribution in [0.2, 0.25) is 0 Å². The molecule has 2 heterocycles. The van der Waals surface area contributed by atoms with E-state index in [0.29, 0.717) is 43.2 Å². The molecule has 172 valence electrons. The molecule has 1 unspecified atom stereocenters. The number of carbonyl (C=O) groups excluding carboxylic acids is 2. The summed E-state index contributed by atoms with van der Waals surface area (Å²) in [5, 5.41) is 8.13. The fourth-order valence-electron chi connectivity index (χ4n) is 3.64. The number of aryl methyl sites for hydroxylation is 1. The minimum absolute atomic E-state index is 0.111. The maximum absolute atomic E-state index is 12.6. The lowest BCUT2D eigenvalue weighted by atomic mass is 9.98. The van der Waals surface area contributed by atoms with Gasteiger partial charge in [-0.25, -0.2) is 0 Å². The van der Waals surface area contributed by atoms with Gasteiger partial charge in [0.2, 0.25) is 5.91 Å². The highest BCUT2D eigenvalue weighted by molar-refractivity contribution is 5.78. The predicted molar refractivity (Wildman–Crippen MR) is 115 cm³/mol. The second-order valence-electron chi connectivity index (χ2n) is 7.48. The molecule has 1 N–H and O–H groups in total. The van der Waals surface area contributed by atoms with E-state index in [0.717, 1.165) is 6.42 Å². The molecule has 3 rings (SSSR count). The monoisotopic (exact) mass is 444 g/mol. The zero-order chi connectivity index (χ0) is 23.1. The van der Waals surface area contributed by atoms with Crippen LogP contribution in [0.5, 0.6) is 11.5 Å². The third kappa shape index (κ3) is 5.63. The van der Waals surface area contributed by atoms with Gasteiger partial charge in [-0.2, -0.15) is 0 Å². The zero-order valence-corrected chi connectivity index (χ0v) is 18.6. The molecule has 1 aromatic heterocycles. The summed E-state index contributed by atoms with van der Waals surface area (Å²) < 4.78 is 15.6. The number of aromatic nitrogens is 3. The van der Waals surface area contributed by atoms with Gasteiger partial charge in [-0.3, -0.25) is 14.4 Å². The van der Waals surface area contributed by atoms with E-state index in [1.54, 1.807) is 30.0 Å². The van der Waals surface area contributed by atoms with E-state index in [9.17, 15) is 14.4 Å². The van der Waals surface area contributed by atoms with Crippen LogP contribution < -0.4 is 15.0 Å². The van der Waals surface area contributed by atoms with Crippen LogP contribution in [0.1, 0.15) is 31.9 Å². The first-order valence-corrected chi connectivity index (χ1v) is 10.6. The van der Waals surface area contributed by atoms with Crippen LogP contribution in [0.25, 0.3) is 11.4 Å². The number of aromatic amines is 1. The Morgan fingerprint density at radius 1 is 1.16 bits per heavy atom. The summed E-state index contributed by atoms with van der Waals surface area (Å²) in [5.74, 6) is 0.697. The molecule has 0 radical (unpaired) electrons. The Morgan fingerprint density at radius 2 is 1.88 bits per heavy atom. The number of rotatable bonds is 8. The Bertz CT molecular complexity index is 999. The van der Waals surface area contributed by atoms with Gasteiger partial charge in [0.15, 0.2) is 5.82 Å². The summed E-state index contributed by atoms with van der Waals surface area (Å²) in [7, 11) is 3.06. The number of methoxy groups -OCH3 is 2. The van der Waals surface area contributed by atoms with Crippen molar-refractivity contribution in [3.8, 4) is 22.9 Å². The molecule has 1 saturated heterocycles. The number of hydrogen-bond acceptors (Lipinski definition) is 8. The highest BCUT2D eigenvalue weighted by atomic mass is 16.5. The largest absolute Gasteiger partial charge is 0.497 e. The van der Waals surface area contributed by atoms with E-state index in [1.165, 1.54) is 14.2 Å². The Hall–Kier alpha value is -3.43. The Labute approximate surface area is 185 Å². The summed E-state index contributed by atoms with van der Waals surface area (Å²) in [6.45, 7) is 3.02. The van der Waals surface area contributed by atoms with Gasteiger partial charge in [-0.1, -0.05) is 0 Å². The lowest BCUT2D eigenvalue weighted by Gasteiger charge is -2.31. The predicted octanol–water partition coefficient (Wildman–Crippen LogP) is 1.58. The maximum atomic E-state index is 12.6. The van der Waals surface area contributed by atoms with Gasteiger partial charge in [-0.05, 0) is 31.9 Å². The average Bonchev–Trinajstić information content (AvgIpc) is 2.82. The molecule has 1 aliphatic rings. The van der Waals surface area contributed by atoms with Crippen LogP contribution in [-0.4, -0.2) is 65.9 Å². The SMILES string of the molecule is CCOC(=O)C1CCCN(C(=O)CCc2nnc(-c3cc(OC)cc(OC)c3)[nH]c2=O)C1. The molecule has 1 aromatic carbocycles. The van der Waals surface area contributed by atoms with E-state index in [2.05, 4.69) is 15.2 Å². The van der Waals surface area contributed by atoms with Crippen LogP contribution in [0.3, 0.4) is 0 Å². The smallest absolute Gasteiger partial charge is 0.310 e. The van der Waals surface area contributed by atoms with E-state index in [4.69, 9.17) is 14.2 Å². The van der Waals surface area contributed by atoms with Gasteiger partial charge in [0.05, 0.1) is 26.7 Å². The summed E-state index contributed by atoms with van der Waals surface area (Å²) in [6.07, 6.45) is 1.72. The fraction of sp³-hybridized carbons (Fsp3) is 0.500. The molecular weight excluding hydrogens is 416 g/mol. The third-order valence-electron chi connectivity index (χ3n) is 5.36. The zero-order valence-electron chi connectivity index (χ0n) is 18.6. The van der Waals surface area contributed by atoms with Gasteiger partial charge in [-0.15, -0.1) is 10.2 Å². The Morgan fingerprint density at radius 3 is 2.50 bits per heavy atom. The van der Waals surface area contributed by atoms with E-state index < -0.39 is 5.56 Å². The first kappa shape index (κ1) is 23.2. The number of amides is 1. The number of esters is 1. The number of benzene rings is 1. The van der Waals surface area contributed by atoms with Crippen LogP contribution >= 0.6 is 0 Å². The van der Waals surface area contributed by atoms with Gasteiger partial charge in [0, 0.05) is 37.6 Å². The first-order chi connectivity index (χ1) is 15.4. The number of carbonyl (C=O) groups is 2. The van der Waals surface area contributed by atoms with Crippen LogP contribution in [0.4, 0.5) is 0 Å². The minimum Gasteiger partial charge on any atom is -0.497 e. The molecule has 0 saturated carbocycles. The van der Waals surface area contributed by atoms with Crippen molar-refractivity contribution in [1.82, 2.24) is 20.1 Å². The summed E-state index contributed by atoms with van der Waals surface area (Å²) in [4.78, 5) is 41.5. The van der Waals surface area contributed by atoms with E-state index >= 15 is 0 Å². The summed E-state index contributed by atoms with van der Waals surface area (Å²) in [5.41, 5.74) is 0.357. The average molecular weight is 444 g/mol. The highest BCUT2D eigenvalue weighted by Gasteiger charge is 2.29. The molecule has 2 aromatic rings. The van der Waals surface area contributed by atoms with Gasteiger partial charge in [0.1, 0.15) is 17.2 Å². The molecular formula is C22H28N4O6. The lowest BCUT2D eigenvalue weighted by Crippen LogP contribution is -2.43. The molecule has 10 nitrogen and oxygen atoms in total. The number of piperidine rings is 1. The second-order valence-corrected chi connectivity index (χ2v) is 7.48. The van der Waals surface area contributed by atoms with Gasteiger partial charge < -0.3 is 24.1 Å². The van der Waals surface area contributed by atoms with Crippen molar-refractivity contribution in [3.05, 3.63) is 34.2 Å². The van der Waals surface area contributed by atoms with Crippen molar-refractivity contribution in [2.24, 2.45) is 5.92 Å². The number of likely N-dealkylation sites (tertiary alicyclic amines) is 1. The van der Waals surface area contributed by atoms with Crippen molar-refractivity contribution in [1.29, 1.82) is 0 Å². The van der Waals surface area contributed by atoms with Crippen molar-refractivity contribution in [2.45, 2.75) is 32.6 Å². The molecule has 0 aliphatic carbocycles. The van der Waals surface area contributed by atoms with Crippen LogP contribution in [0, 0.1) is 5.92 Å². The maximum Gasteiger partial charge on any atom is 0.310 e. The van der Waals surface area contributed by atoms with E-state index in [-0.39, 0.29) is 42.2 Å². The highest BCUT2D eigenvalue weighted by Crippen LogP contribution is 2.27. The number of ether oxygens (including phenoxy) is 3. The number of H-pyrrole nitrogens is 1. The van der Waals surface area contributed by atoms with E-state index in [1.807, 2.05) is 0 Å². The van der Waals surface area contributed by atoms with Crippen molar-refractivity contribution >= 4 is 11.9 Å². The molecule has 1 amide bonds. The second kappa shape index (κ2) is 10.7. The molecule has 0 bridgehead atoms. The Kier molecular flexibility index (Phi) is 7.80. The normalized spacial score (nSPS) is 15.8. The molecule has 10 heteroatoms. The summed E-state index contributed by atoms with van der Waals surface area (Å²) >= 11 is 0. The molecule has 1 fully saturated rings. The standard InChI is InChI=1S/C22H28N4O6/c1-4-32-22(29)14-6-5-9-26(13-14)19(27)8-7-18-21(28)23-20(25-24-18)15-10-16(30-2)12-17(11-15)31-3/h10-12,14H,4-9,13H2,1-3H3,(H,23,25,28). The van der Waals surface area contributed by atoms with Gasteiger partial charge in [0.25, 0.3) is 5.56 Å². The van der Waals surface area contributed by atoms with Gasteiger partial charge >= 0.3 is 5.97 Å². The number of hydrogen-bond donors (Lipinski definition) is 1. The van der Waals surface area contributed by atoms with Crippen molar-refractivity contribution in [3.63, 3.8) is 0 Å². The molecule has 1 aliphatic heterocycles.